The Kier molecular flexibility index (Phi) is 3.89. The number of nitrogens with two attached hydrogens (primary N) is 1. The molecule has 1 aromatic rings. The number of carbonyl (C=O) groups excluding carboxylic acids is 1. The van der Waals surface area contributed by atoms with Gasteiger partial charge in [-0.15, -0.1) is 0 Å². The number of hydrazone groups is 1. The van der Waals surface area contributed by atoms with Crippen molar-refractivity contribution in [3.63, 3.8) is 0 Å². The molecule has 1 aliphatic rings. The molecule has 0 saturated heterocycles. The van der Waals surface area contributed by atoms with Gasteiger partial charge in [-0.25, -0.2) is 5.01 Å². The fourth-order valence-electron chi connectivity index (χ4n) is 1.54. The van der Waals surface area contributed by atoms with Crippen LogP contribution in [0.4, 0.5) is 0 Å². The summed E-state index contributed by atoms with van der Waals surface area (Å²) in [6, 6.07) is 5.32. The molecule has 1 heterocycles. The van der Waals surface area contributed by atoms with Gasteiger partial charge in [-0.2, -0.15) is 5.10 Å². The summed E-state index contributed by atoms with van der Waals surface area (Å²) in [6.07, 6.45) is 3.86. The largest absolute Gasteiger partial charge is 0.385 e. The van der Waals surface area contributed by atoms with Crippen LogP contribution in [0.15, 0.2) is 29.4 Å². The van der Waals surface area contributed by atoms with Gasteiger partial charge in [0, 0.05) is 0 Å². The average Bonchev–Trinajstić information content (AvgIpc) is 2.63. The van der Waals surface area contributed by atoms with Gasteiger partial charge in [0.1, 0.15) is 5.84 Å². The molecule has 2 N–H and O–H groups in total. The summed E-state index contributed by atoms with van der Waals surface area (Å²) in [5.74, 6) is 0.259. The Morgan fingerprint density at radius 3 is 2.78 bits per heavy atom. The number of hydrogen-bond donors (Lipinski definition) is 1. The van der Waals surface area contributed by atoms with Crippen LogP contribution in [-0.4, -0.2) is 23.3 Å². The lowest BCUT2D eigenvalue weighted by Gasteiger charge is -2.07. The van der Waals surface area contributed by atoms with Gasteiger partial charge in [0.25, 0.3) is 5.91 Å². The van der Waals surface area contributed by atoms with Crippen molar-refractivity contribution in [2.75, 3.05) is 6.54 Å². The lowest BCUT2D eigenvalue weighted by atomic mass is 10.2. The minimum Gasteiger partial charge on any atom is -0.385 e. The van der Waals surface area contributed by atoms with Gasteiger partial charge < -0.3 is 5.73 Å². The molecule has 0 fully saturated rings. The standard InChI is InChI=1S/C12H11Cl2N3O/c13-9-4-3-8(6-10(9)14)2-1-5-17-12(18)7-11(15)16-17/h1-4,6H,5,7H2,(H2,15,16)/b2-1+. The first kappa shape index (κ1) is 12.9. The number of hydrogen-bond acceptors (Lipinski definition) is 3. The molecule has 0 unspecified atom stereocenters. The molecule has 94 valence electrons. The number of carbonyl (C=O) groups is 1. The van der Waals surface area contributed by atoms with E-state index in [-0.39, 0.29) is 12.3 Å². The molecule has 0 aliphatic carbocycles. The Labute approximate surface area is 115 Å². The van der Waals surface area contributed by atoms with Crippen LogP contribution in [0, 0.1) is 0 Å². The summed E-state index contributed by atoms with van der Waals surface area (Å²) in [4.78, 5) is 11.4. The van der Waals surface area contributed by atoms with E-state index in [1.54, 1.807) is 12.1 Å². The van der Waals surface area contributed by atoms with Crippen LogP contribution in [-0.2, 0) is 4.79 Å². The second kappa shape index (κ2) is 5.42. The molecular formula is C12H11Cl2N3O. The number of amidine groups is 1. The van der Waals surface area contributed by atoms with E-state index < -0.39 is 0 Å². The Bertz CT molecular complexity index is 540. The van der Waals surface area contributed by atoms with Crippen LogP contribution in [0.1, 0.15) is 12.0 Å². The molecule has 0 aromatic heterocycles. The molecule has 1 aromatic carbocycles. The lowest BCUT2D eigenvalue weighted by molar-refractivity contribution is -0.128. The molecule has 2 rings (SSSR count). The molecule has 18 heavy (non-hydrogen) atoms. The summed E-state index contributed by atoms with van der Waals surface area (Å²) in [7, 11) is 0. The predicted octanol–water partition coefficient (Wildman–Crippen LogP) is 2.51. The van der Waals surface area contributed by atoms with Gasteiger partial charge in [-0.1, -0.05) is 41.4 Å². The van der Waals surface area contributed by atoms with Crippen molar-refractivity contribution in [2.45, 2.75) is 6.42 Å². The van der Waals surface area contributed by atoms with Crippen LogP contribution >= 0.6 is 23.2 Å². The third kappa shape index (κ3) is 3.03. The summed E-state index contributed by atoms with van der Waals surface area (Å²) in [5, 5.41) is 6.26. The number of halogens is 2. The highest BCUT2D eigenvalue weighted by molar-refractivity contribution is 6.42. The third-order valence-electron chi connectivity index (χ3n) is 2.40. The second-order valence-electron chi connectivity index (χ2n) is 3.82. The van der Waals surface area contributed by atoms with Crippen molar-refractivity contribution in [1.82, 2.24) is 5.01 Å². The Balaban J connectivity index is 1.99. The number of rotatable bonds is 3. The smallest absolute Gasteiger partial charge is 0.250 e. The summed E-state index contributed by atoms with van der Waals surface area (Å²) < 4.78 is 0. The fraction of sp³-hybridized carbons (Fsp3) is 0.167. The highest BCUT2D eigenvalue weighted by Crippen LogP contribution is 2.23. The number of benzene rings is 1. The number of nitrogens with zero attached hydrogens (tertiary/aromatic N) is 2. The predicted molar refractivity (Wildman–Crippen MR) is 73.4 cm³/mol. The quantitative estimate of drug-likeness (QED) is 0.927. The zero-order chi connectivity index (χ0) is 13.1. The third-order valence-corrected chi connectivity index (χ3v) is 3.14. The van der Waals surface area contributed by atoms with E-state index in [0.29, 0.717) is 22.4 Å². The molecule has 0 saturated carbocycles. The molecule has 1 aliphatic heterocycles. The zero-order valence-corrected chi connectivity index (χ0v) is 10.9. The van der Waals surface area contributed by atoms with Gasteiger partial charge in [-0.3, -0.25) is 4.79 Å². The van der Waals surface area contributed by atoms with Crippen molar-refractivity contribution in [3.8, 4) is 0 Å². The molecule has 0 bridgehead atoms. The topological polar surface area (TPSA) is 58.7 Å². The van der Waals surface area contributed by atoms with E-state index in [1.807, 2.05) is 18.2 Å². The Morgan fingerprint density at radius 2 is 2.17 bits per heavy atom. The molecule has 0 radical (unpaired) electrons. The first-order chi connectivity index (χ1) is 8.56. The maximum absolute atomic E-state index is 11.4. The van der Waals surface area contributed by atoms with Crippen molar-refractivity contribution in [2.24, 2.45) is 10.8 Å². The van der Waals surface area contributed by atoms with E-state index in [4.69, 9.17) is 28.9 Å². The molecule has 1 amide bonds. The normalized spacial score (nSPS) is 15.6. The first-order valence-electron chi connectivity index (χ1n) is 5.31. The van der Waals surface area contributed by atoms with Gasteiger partial charge in [-0.05, 0) is 17.7 Å². The minimum atomic E-state index is -0.0914. The van der Waals surface area contributed by atoms with E-state index in [0.717, 1.165) is 5.56 Å². The monoisotopic (exact) mass is 283 g/mol. The SMILES string of the molecule is NC1=NN(C/C=C/c2ccc(Cl)c(Cl)c2)C(=O)C1. The summed E-state index contributed by atoms with van der Waals surface area (Å²) >= 11 is 11.7. The molecule has 4 nitrogen and oxygen atoms in total. The molecule has 0 atom stereocenters. The van der Waals surface area contributed by atoms with Gasteiger partial charge in [0.2, 0.25) is 0 Å². The van der Waals surface area contributed by atoms with Crippen LogP contribution in [0.25, 0.3) is 6.08 Å². The van der Waals surface area contributed by atoms with Gasteiger partial charge in [0.15, 0.2) is 0 Å². The second-order valence-corrected chi connectivity index (χ2v) is 4.63. The minimum absolute atomic E-state index is 0.0914. The zero-order valence-electron chi connectivity index (χ0n) is 9.44. The maximum Gasteiger partial charge on any atom is 0.250 e. The first-order valence-corrected chi connectivity index (χ1v) is 6.07. The van der Waals surface area contributed by atoms with E-state index in [1.165, 1.54) is 5.01 Å². The van der Waals surface area contributed by atoms with Crippen molar-refractivity contribution in [3.05, 3.63) is 39.9 Å². The fourth-order valence-corrected chi connectivity index (χ4v) is 1.85. The summed E-state index contributed by atoms with van der Waals surface area (Å²) in [5.41, 5.74) is 6.38. The highest BCUT2D eigenvalue weighted by atomic mass is 35.5. The van der Waals surface area contributed by atoms with Crippen LogP contribution in [0.2, 0.25) is 10.0 Å². The Hall–Kier alpha value is -1.52. The Morgan fingerprint density at radius 1 is 1.39 bits per heavy atom. The molecule has 6 heteroatoms. The van der Waals surface area contributed by atoms with Crippen LogP contribution in [0.3, 0.4) is 0 Å². The number of amides is 1. The van der Waals surface area contributed by atoms with E-state index >= 15 is 0 Å². The van der Waals surface area contributed by atoms with Crippen molar-refractivity contribution < 1.29 is 4.79 Å². The van der Waals surface area contributed by atoms with E-state index in [9.17, 15) is 4.79 Å². The molecule has 0 spiro atoms. The van der Waals surface area contributed by atoms with E-state index in [2.05, 4.69) is 5.10 Å². The highest BCUT2D eigenvalue weighted by Gasteiger charge is 2.20. The van der Waals surface area contributed by atoms with Crippen LogP contribution in [0.5, 0.6) is 0 Å². The lowest BCUT2D eigenvalue weighted by Crippen LogP contribution is -2.20. The van der Waals surface area contributed by atoms with Crippen molar-refractivity contribution in [1.29, 1.82) is 0 Å². The van der Waals surface area contributed by atoms with Crippen molar-refractivity contribution >= 4 is 41.0 Å². The molecular weight excluding hydrogens is 273 g/mol. The van der Waals surface area contributed by atoms with Crippen LogP contribution < -0.4 is 5.73 Å². The van der Waals surface area contributed by atoms with Gasteiger partial charge in [0.05, 0.1) is 23.0 Å². The maximum atomic E-state index is 11.4. The van der Waals surface area contributed by atoms with Gasteiger partial charge >= 0.3 is 0 Å². The summed E-state index contributed by atoms with van der Waals surface area (Å²) in [6.45, 7) is 0.389. The average molecular weight is 284 g/mol.